The molecule has 2 N–H and O–H groups in total. The maximum Gasteiger partial charge on any atom is 0.253 e. The molecular weight excluding hydrogens is 320 g/mol. The molecule has 3 rings (SSSR count). The number of amides is 1. The standard InChI is InChI=1S/C15H20N2O5S/c18-13-6-5-11(23(20,21)17-7-1-2-8-17)10-12(13)16-15(19)14-4-3-9-22-14/h5-6,10,14,18H,1-4,7-9H2,(H,16,19). The Bertz CT molecular complexity index is 692. The van der Waals surface area contributed by atoms with Gasteiger partial charge in [-0.15, -0.1) is 0 Å². The molecule has 1 atom stereocenters. The van der Waals surface area contributed by atoms with E-state index in [0.29, 0.717) is 26.1 Å². The Morgan fingerprint density at radius 2 is 2.00 bits per heavy atom. The lowest BCUT2D eigenvalue weighted by molar-refractivity contribution is -0.124. The van der Waals surface area contributed by atoms with Crippen molar-refractivity contribution in [3.8, 4) is 5.75 Å². The van der Waals surface area contributed by atoms with E-state index in [-0.39, 0.29) is 22.2 Å². The molecule has 1 aromatic rings. The lowest BCUT2D eigenvalue weighted by Crippen LogP contribution is -2.29. The average molecular weight is 340 g/mol. The van der Waals surface area contributed by atoms with Crippen molar-refractivity contribution in [3.63, 3.8) is 0 Å². The summed E-state index contributed by atoms with van der Waals surface area (Å²) in [6.07, 6.45) is 2.58. The van der Waals surface area contributed by atoms with Crippen LogP contribution in [0.2, 0.25) is 0 Å². The van der Waals surface area contributed by atoms with Gasteiger partial charge in [0.05, 0.1) is 10.6 Å². The van der Waals surface area contributed by atoms with Crippen molar-refractivity contribution in [2.45, 2.75) is 36.7 Å². The van der Waals surface area contributed by atoms with Crippen LogP contribution in [0, 0.1) is 0 Å². The van der Waals surface area contributed by atoms with Gasteiger partial charge in [-0.2, -0.15) is 4.31 Å². The third-order valence-electron chi connectivity index (χ3n) is 4.15. The summed E-state index contributed by atoms with van der Waals surface area (Å²) in [4.78, 5) is 12.1. The van der Waals surface area contributed by atoms with Gasteiger partial charge in [-0.05, 0) is 43.9 Å². The van der Waals surface area contributed by atoms with E-state index in [0.717, 1.165) is 19.3 Å². The number of aromatic hydroxyl groups is 1. The number of ether oxygens (including phenoxy) is 1. The first-order valence-electron chi connectivity index (χ1n) is 7.74. The van der Waals surface area contributed by atoms with Crippen LogP contribution in [0.3, 0.4) is 0 Å². The second kappa shape index (κ2) is 6.46. The molecule has 2 fully saturated rings. The van der Waals surface area contributed by atoms with Crippen LogP contribution in [0.1, 0.15) is 25.7 Å². The van der Waals surface area contributed by atoms with Gasteiger partial charge in [-0.25, -0.2) is 8.42 Å². The second-order valence-electron chi connectivity index (χ2n) is 5.78. The average Bonchev–Trinajstić information content (AvgIpc) is 3.23. The molecule has 1 unspecified atom stereocenters. The molecule has 0 aromatic heterocycles. The van der Waals surface area contributed by atoms with Crippen molar-refractivity contribution in [1.29, 1.82) is 0 Å². The quantitative estimate of drug-likeness (QED) is 0.805. The number of phenols is 1. The van der Waals surface area contributed by atoms with Gasteiger partial charge < -0.3 is 15.2 Å². The molecule has 7 nitrogen and oxygen atoms in total. The number of benzene rings is 1. The number of carbonyl (C=O) groups is 1. The van der Waals surface area contributed by atoms with E-state index in [2.05, 4.69) is 5.32 Å². The normalized spacial score (nSPS) is 22.3. The monoisotopic (exact) mass is 340 g/mol. The van der Waals surface area contributed by atoms with Crippen LogP contribution in [-0.4, -0.2) is 49.5 Å². The van der Waals surface area contributed by atoms with E-state index in [1.54, 1.807) is 0 Å². The molecule has 2 aliphatic heterocycles. The van der Waals surface area contributed by atoms with Gasteiger partial charge >= 0.3 is 0 Å². The van der Waals surface area contributed by atoms with Gasteiger partial charge in [0.1, 0.15) is 11.9 Å². The largest absolute Gasteiger partial charge is 0.506 e. The van der Waals surface area contributed by atoms with Crippen molar-refractivity contribution in [3.05, 3.63) is 18.2 Å². The van der Waals surface area contributed by atoms with E-state index in [1.807, 2.05) is 0 Å². The van der Waals surface area contributed by atoms with Crippen molar-refractivity contribution in [1.82, 2.24) is 4.31 Å². The molecule has 0 saturated carbocycles. The predicted molar refractivity (Wildman–Crippen MR) is 83.7 cm³/mol. The fourth-order valence-corrected chi connectivity index (χ4v) is 4.39. The highest BCUT2D eigenvalue weighted by Gasteiger charge is 2.29. The smallest absolute Gasteiger partial charge is 0.253 e. The van der Waals surface area contributed by atoms with Gasteiger partial charge in [0.15, 0.2) is 0 Å². The van der Waals surface area contributed by atoms with E-state index in [4.69, 9.17) is 4.74 Å². The predicted octanol–water partition coefficient (Wildman–Crippen LogP) is 1.29. The molecule has 23 heavy (non-hydrogen) atoms. The van der Waals surface area contributed by atoms with E-state index < -0.39 is 16.1 Å². The fourth-order valence-electron chi connectivity index (χ4n) is 2.85. The minimum absolute atomic E-state index is 0.0693. The van der Waals surface area contributed by atoms with Crippen molar-refractivity contribution in [2.24, 2.45) is 0 Å². The maximum atomic E-state index is 12.5. The fraction of sp³-hybridized carbons (Fsp3) is 0.533. The highest BCUT2D eigenvalue weighted by Crippen LogP contribution is 2.29. The van der Waals surface area contributed by atoms with Gasteiger partial charge in [-0.1, -0.05) is 0 Å². The van der Waals surface area contributed by atoms with Crippen molar-refractivity contribution in [2.75, 3.05) is 25.0 Å². The zero-order valence-electron chi connectivity index (χ0n) is 12.7. The summed E-state index contributed by atoms with van der Waals surface area (Å²) in [7, 11) is -3.59. The number of nitrogens with zero attached hydrogens (tertiary/aromatic N) is 1. The number of hydrogen-bond acceptors (Lipinski definition) is 5. The Hall–Kier alpha value is -1.64. The van der Waals surface area contributed by atoms with Gasteiger partial charge in [-0.3, -0.25) is 4.79 Å². The Balaban J connectivity index is 1.82. The maximum absolute atomic E-state index is 12.5. The van der Waals surface area contributed by atoms with Gasteiger partial charge in [0.25, 0.3) is 5.91 Å². The van der Waals surface area contributed by atoms with Gasteiger partial charge in [0, 0.05) is 19.7 Å². The van der Waals surface area contributed by atoms with E-state index in [9.17, 15) is 18.3 Å². The first-order valence-corrected chi connectivity index (χ1v) is 9.18. The molecule has 0 radical (unpaired) electrons. The molecule has 2 saturated heterocycles. The number of rotatable bonds is 4. The number of carbonyl (C=O) groups excluding carboxylic acids is 1. The minimum Gasteiger partial charge on any atom is -0.506 e. The number of sulfonamides is 1. The van der Waals surface area contributed by atoms with Crippen molar-refractivity contribution < 1.29 is 23.1 Å². The summed E-state index contributed by atoms with van der Waals surface area (Å²) >= 11 is 0. The zero-order valence-corrected chi connectivity index (χ0v) is 13.5. The van der Waals surface area contributed by atoms with Crippen molar-refractivity contribution >= 4 is 21.6 Å². The van der Waals surface area contributed by atoms with E-state index >= 15 is 0 Å². The molecule has 0 spiro atoms. The number of nitrogens with one attached hydrogen (secondary N) is 1. The lowest BCUT2D eigenvalue weighted by atomic mass is 10.2. The summed E-state index contributed by atoms with van der Waals surface area (Å²) in [6.45, 7) is 1.54. The van der Waals surface area contributed by atoms with Crippen LogP contribution in [0.5, 0.6) is 5.75 Å². The summed E-state index contributed by atoms with van der Waals surface area (Å²) in [6, 6.07) is 3.94. The number of hydrogen-bond donors (Lipinski definition) is 2. The minimum atomic E-state index is -3.59. The SMILES string of the molecule is O=C(Nc1cc(S(=O)(=O)N2CCCC2)ccc1O)C1CCCO1. The molecular formula is C15H20N2O5S. The van der Waals surface area contributed by atoms with Gasteiger partial charge in [0.2, 0.25) is 10.0 Å². The molecule has 8 heteroatoms. The van der Waals surface area contributed by atoms with Crippen LogP contribution in [0.25, 0.3) is 0 Å². The van der Waals surface area contributed by atoms with Crippen LogP contribution >= 0.6 is 0 Å². The summed E-state index contributed by atoms with van der Waals surface area (Å²) < 4.78 is 31.8. The third kappa shape index (κ3) is 3.34. The molecule has 2 heterocycles. The lowest BCUT2D eigenvalue weighted by Gasteiger charge is -2.17. The first-order chi connectivity index (χ1) is 11.0. The summed E-state index contributed by atoms with van der Waals surface area (Å²) in [5.74, 6) is -0.537. The Morgan fingerprint density at radius 1 is 1.26 bits per heavy atom. The zero-order chi connectivity index (χ0) is 16.4. The topological polar surface area (TPSA) is 95.9 Å². The number of anilines is 1. The second-order valence-corrected chi connectivity index (χ2v) is 7.72. The Labute approximate surface area is 135 Å². The Morgan fingerprint density at radius 3 is 2.65 bits per heavy atom. The Kier molecular flexibility index (Phi) is 4.56. The molecule has 1 aromatic carbocycles. The van der Waals surface area contributed by atoms with E-state index in [1.165, 1.54) is 22.5 Å². The molecule has 0 aliphatic carbocycles. The first kappa shape index (κ1) is 16.2. The third-order valence-corrected chi connectivity index (χ3v) is 6.05. The van der Waals surface area contributed by atoms with Crippen LogP contribution in [0.4, 0.5) is 5.69 Å². The summed E-state index contributed by atoms with van der Waals surface area (Å²) in [5.41, 5.74) is 0.0887. The molecule has 2 aliphatic rings. The van der Waals surface area contributed by atoms with Crippen LogP contribution < -0.4 is 5.32 Å². The van der Waals surface area contributed by atoms with Crippen LogP contribution in [0.15, 0.2) is 23.1 Å². The molecule has 0 bridgehead atoms. The highest BCUT2D eigenvalue weighted by atomic mass is 32.2. The highest BCUT2D eigenvalue weighted by molar-refractivity contribution is 7.89. The molecule has 1 amide bonds. The number of phenolic OH excluding ortho intramolecular Hbond substituents is 1. The molecule has 126 valence electrons. The van der Waals surface area contributed by atoms with Crippen LogP contribution in [-0.2, 0) is 19.6 Å². The summed E-state index contributed by atoms with van der Waals surface area (Å²) in [5, 5.41) is 12.5.